The first kappa shape index (κ1) is 17.7. The average molecular weight is 254 g/mol. The fourth-order valence-electron chi connectivity index (χ4n) is 2.14. The number of allylic oxidation sites excluding steroid dienone is 2. The fraction of sp³-hybridized carbons (Fsp3) is 0.882. The molecule has 0 heterocycles. The minimum atomic E-state index is 0.931. The monoisotopic (exact) mass is 254 g/mol. The van der Waals surface area contributed by atoms with E-state index in [9.17, 15) is 0 Å². The molecule has 0 aliphatic heterocycles. The molecule has 108 valence electrons. The van der Waals surface area contributed by atoms with Crippen molar-refractivity contribution in [2.75, 3.05) is 13.7 Å². The quantitative estimate of drug-likeness (QED) is 0.277. The van der Waals surface area contributed by atoms with Gasteiger partial charge in [0.15, 0.2) is 0 Å². The highest BCUT2D eigenvalue weighted by atomic mass is 16.5. The molecule has 0 spiro atoms. The largest absolute Gasteiger partial charge is 0.385 e. The first-order valence-electron chi connectivity index (χ1n) is 8.05. The molecular formula is C17H34O. The van der Waals surface area contributed by atoms with Crippen LogP contribution in [0.5, 0.6) is 0 Å². The number of ether oxygens (including phenoxy) is 1. The molecule has 0 fully saturated rings. The van der Waals surface area contributed by atoms with Crippen LogP contribution in [0.1, 0.15) is 84.0 Å². The van der Waals surface area contributed by atoms with Gasteiger partial charge in [0.25, 0.3) is 0 Å². The van der Waals surface area contributed by atoms with E-state index in [2.05, 4.69) is 19.1 Å². The molecule has 0 aliphatic rings. The topological polar surface area (TPSA) is 9.23 Å². The van der Waals surface area contributed by atoms with E-state index in [4.69, 9.17) is 4.74 Å². The van der Waals surface area contributed by atoms with Gasteiger partial charge < -0.3 is 4.74 Å². The predicted octanol–water partition coefficient (Wildman–Crippen LogP) is 5.89. The van der Waals surface area contributed by atoms with E-state index in [0.717, 1.165) is 6.61 Å². The summed E-state index contributed by atoms with van der Waals surface area (Å²) in [5, 5.41) is 0. The summed E-state index contributed by atoms with van der Waals surface area (Å²) >= 11 is 0. The third-order valence-corrected chi connectivity index (χ3v) is 3.36. The maximum Gasteiger partial charge on any atom is 0.0462 e. The van der Waals surface area contributed by atoms with Gasteiger partial charge in [-0.15, -0.1) is 0 Å². The first-order valence-corrected chi connectivity index (χ1v) is 8.05. The van der Waals surface area contributed by atoms with Gasteiger partial charge in [0.1, 0.15) is 0 Å². The molecule has 0 aromatic heterocycles. The van der Waals surface area contributed by atoms with Gasteiger partial charge in [-0.05, 0) is 32.1 Å². The van der Waals surface area contributed by atoms with Crippen molar-refractivity contribution in [3.05, 3.63) is 12.2 Å². The molecule has 1 heteroatoms. The van der Waals surface area contributed by atoms with Gasteiger partial charge in [-0.2, -0.15) is 0 Å². The Morgan fingerprint density at radius 2 is 1.17 bits per heavy atom. The molecule has 0 rings (SSSR count). The molecule has 0 radical (unpaired) electrons. The Kier molecular flexibility index (Phi) is 16.4. The zero-order valence-corrected chi connectivity index (χ0v) is 12.8. The third-order valence-electron chi connectivity index (χ3n) is 3.36. The molecule has 0 N–H and O–H groups in total. The van der Waals surface area contributed by atoms with E-state index < -0.39 is 0 Å². The minimum Gasteiger partial charge on any atom is -0.385 e. The maximum atomic E-state index is 5.04. The number of hydrogen-bond donors (Lipinski definition) is 0. The van der Waals surface area contributed by atoms with Crippen LogP contribution in [0.25, 0.3) is 0 Å². The highest BCUT2D eigenvalue weighted by molar-refractivity contribution is 4.81. The number of unbranched alkanes of at least 4 members (excludes halogenated alkanes) is 10. The van der Waals surface area contributed by atoms with Crippen LogP contribution >= 0.6 is 0 Å². The predicted molar refractivity (Wildman–Crippen MR) is 82.1 cm³/mol. The SMILES string of the molecule is CCCCCCC=CCCCCCCCCOC. The summed E-state index contributed by atoms with van der Waals surface area (Å²) in [7, 11) is 1.79. The van der Waals surface area contributed by atoms with Gasteiger partial charge in [-0.25, -0.2) is 0 Å². The highest BCUT2D eigenvalue weighted by Gasteiger charge is 1.90. The molecule has 0 saturated carbocycles. The maximum absolute atomic E-state index is 5.04. The van der Waals surface area contributed by atoms with E-state index in [1.165, 1.54) is 77.0 Å². The lowest BCUT2D eigenvalue weighted by Crippen LogP contribution is -1.88. The Labute approximate surface area is 115 Å². The molecule has 0 unspecified atom stereocenters. The van der Waals surface area contributed by atoms with E-state index in [-0.39, 0.29) is 0 Å². The van der Waals surface area contributed by atoms with E-state index in [1.807, 2.05) is 0 Å². The van der Waals surface area contributed by atoms with Crippen LogP contribution in [0, 0.1) is 0 Å². The van der Waals surface area contributed by atoms with E-state index in [0.29, 0.717) is 0 Å². The molecule has 18 heavy (non-hydrogen) atoms. The first-order chi connectivity index (χ1) is 8.91. The molecule has 0 aromatic carbocycles. The number of rotatable bonds is 14. The third kappa shape index (κ3) is 15.7. The Balaban J connectivity index is 2.99. The molecule has 0 amide bonds. The van der Waals surface area contributed by atoms with Gasteiger partial charge in [0.2, 0.25) is 0 Å². The Morgan fingerprint density at radius 3 is 1.72 bits per heavy atom. The van der Waals surface area contributed by atoms with Crippen LogP contribution in [-0.4, -0.2) is 13.7 Å². The molecule has 0 saturated heterocycles. The van der Waals surface area contributed by atoms with E-state index >= 15 is 0 Å². The smallest absolute Gasteiger partial charge is 0.0462 e. The van der Waals surface area contributed by atoms with Crippen LogP contribution in [0.3, 0.4) is 0 Å². The van der Waals surface area contributed by atoms with Gasteiger partial charge in [0, 0.05) is 13.7 Å². The highest BCUT2D eigenvalue weighted by Crippen LogP contribution is 2.08. The lowest BCUT2D eigenvalue weighted by Gasteiger charge is -2.00. The van der Waals surface area contributed by atoms with Crippen LogP contribution in [0.15, 0.2) is 12.2 Å². The van der Waals surface area contributed by atoms with Gasteiger partial charge in [-0.3, -0.25) is 0 Å². The van der Waals surface area contributed by atoms with Crippen molar-refractivity contribution in [2.45, 2.75) is 84.0 Å². The van der Waals surface area contributed by atoms with Gasteiger partial charge in [-0.1, -0.05) is 64.0 Å². The fourth-order valence-corrected chi connectivity index (χ4v) is 2.14. The standard InChI is InChI=1S/C17H34O/c1-3-4-5-6-7-8-9-10-11-12-13-14-15-16-17-18-2/h8-9H,3-7,10-17H2,1-2H3. The lowest BCUT2D eigenvalue weighted by atomic mass is 10.1. The Hall–Kier alpha value is -0.300. The van der Waals surface area contributed by atoms with Crippen molar-refractivity contribution in [2.24, 2.45) is 0 Å². The lowest BCUT2D eigenvalue weighted by molar-refractivity contribution is 0.192. The molecular weight excluding hydrogens is 220 g/mol. The number of methoxy groups -OCH3 is 1. The summed E-state index contributed by atoms with van der Waals surface area (Å²) in [4.78, 5) is 0. The van der Waals surface area contributed by atoms with Gasteiger partial charge in [0.05, 0.1) is 0 Å². The van der Waals surface area contributed by atoms with Crippen LogP contribution in [-0.2, 0) is 4.74 Å². The Morgan fingerprint density at radius 1 is 0.667 bits per heavy atom. The summed E-state index contributed by atoms with van der Waals surface area (Å²) in [6.07, 6.45) is 21.0. The van der Waals surface area contributed by atoms with Crippen LogP contribution in [0.2, 0.25) is 0 Å². The molecule has 0 atom stereocenters. The zero-order chi connectivity index (χ0) is 13.3. The second-order valence-electron chi connectivity index (χ2n) is 5.22. The van der Waals surface area contributed by atoms with Gasteiger partial charge >= 0.3 is 0 Å². The average Bonchev–Trinajstić information content (AvgIpc) is 2.39. The normalized spacial score (nSPS) is 11.4. The summed E-state index contributed by atoms with van der Waals surface area (Å²) in [5.74, 6) is 0. The zero-order valence-electron chi connectivity index (χ0n) is 12.8. The van der Waals surface area contributed by atoms with Crippen molar-refractivity contribution < 1.29 is 4.74 Å². The second kappa shape index (κ2) is 16.7. The molecule has 1 nitrogen and oxygen atoms in total. The summed E-state index contributed by atoms with van der Waals surface area (Å²) in [5.41, 5.74) is 0. The number of hydrogen-bond acceptors (Lipinski definition) is 1. The molecule has 0 bridgehead atoms. The van der Waals surface area contributed by atoms with Crippen LogP contribution < -0.4 is 0 Å². The molecule has 0 aliphatic carbocycles. The Bertz CT molecular complexity index is 163. The molecule has 0 aromatic rings. The van der Waals surface area contributed by atoms with Crippen molar-refractivity contribution in [1.29, 1.82) is 0 Å². The van der Waals surface area contributed by atoms with Crippen molar-refractivity contribution in [1.82, 2.24) is 0 Å². The van der Waals surface area contributed by atoms with Crippen LogP contribution in [0.4, 0.5) is 0 Å². The second-order valence-corrected chi connectivity index (χ2v) is 5.22. The summed E-state index contributed by atoms with van der Waals surface area (Å²) < 4.78 is 5.04. The van der Waals surface area contributed by atoms with Crippen molar-refractivity contribution in [3.63, 3.8) is 0 Å². The van der Waals surface area contributed by atoms with Crippen molar-refractivity contribution in [3.8, 4) is 0 Å². The van der Waals surface area contributed by atoms with Crippen molar-refractivity contribution >= 4 is 0 Å². The summed E-state index contributed by atoms with van der Waals surface area (Å²) in [6.45, 7) is 3.20. The summed E-state index contributed by atoms with van der Waals surface area (Å²) in [6, 6.07) is 0. The minimum absolute atomic E-state index is 0.931. The van der Waals surface area contributed by atoms with E-state index in [1.54, 1.807) is 7.11 Å².